The molecule has 0 aliphatic heterocycles. The number of nitrogens with one attached hydrogen (secondary N) is 1. The van der Waals surface area contributed by atoms with Gasteiger partial charge in [-0.05, 0) is 18.8 Å². The summed E-state index contributed by atoms with van der Waals surface area (Å²) in [6.45, 7) is 6.40. The first-order valence-electron chi connectivity index (χ1n) is 21.8. The van der Waals surface area contributed by atoms with Crippen LogP contribution in [0.5, 0.6) is 0 Å². The fourth-order valence-electron chi connectivity index (χ4n) is 7.00. The Morgan fingerprint density at radius 1 is 0.469 bits per heavy atom. The Hall–Kier alpha value is -0.690. The first-order chi connectivity index (χ1) is 23.8. The molecule has 1 amide bonds. The lowest BCUT2D eigenvalue weighted by molar-refractivity contribution is -0.132. The van der Waals surface area contributed by atoms with E-state index in [0.717, 1.165) is 44.4 Å². The summed E-state index contributed by atoms with van der Waals surface area (Å²) >= 11 is 0. The van der Waals surface area contributed by atoms with Crippen LogP contribution < -0.4 is 5.32 Å². The topological polar surface area (TPSA) is 110 Å². The molecule has 0 radical (unpaired) electrons. The third-order valence-electron chi connectivity index (χ3n) is 10.5. The molecule has 0 aliphatic carbocycles. The van der Waals surface area contributed by atoms with E-state index in [2.05, 4.69) is 26.1 Å². The zero-order chi connectivity index (χ0) is 36.2. The van der Waals surface area contributed by atoms with E-state index in [1.165, 1.54) is 161 Å². The van der Waals surface area contributed by atoms with E-state index >= 15 is 0 Å². The van der Waals surface area contributed by atoms with E-state index in [1.807, 2.05) is 0 Å². The van der Waals surface area contributed by atoms with Gasteiger partial charge in [-0.3, -0.25) is 4.79 Å². The second-order valence-corrected chi connectivity index (χ2v) is 15.9. The molecule has 0 aromatic carbocycles. The number of aliphatic hydroxyl groups is 4. The first kappa shape index (κ1) is 48.3. The minimum Gasteiger partial charge on any atom is -0.394 e. The van der Waals surface area contributed by atoms with Gasteiger partial charge in [0.05, 0.1) is 18.8 Å². The van der Waals surface area contributed by atoms with Gasteiger partial charge in [-0.25, -0.2) is 0 Å². The molecule has 0 saturated heterocycles. The lowest BCUT2D eigenvalue weighted by Crippen LogP contribution is -2.53. The predicted molar refractivity (Wildman–Crippen MR) is 210 cm³/mol. The van der Waals surface area contributed by atoms with Gasteiger partial charge in [-0.2, -0.15) is 0 Å². The van der Waals surface area contributed by atoms with E-state index in [9.17, 15) is 25.2 Å². The van der Waals surface area contributed by atoms with Crippen molar-refractivity contribution in [2.45, 2.75) is 257 Å². The van der Waals surface area contributed by atoms with Crippen molar-refractivity contribution >= 4 is 5.91 Å². The van der Waals surface area contributed by atoms with Crippen LogP contribution in [0.1, 0.15) is 233 Å². The lowest BCUT2D eigenvalue weighted by atomic mass is 9.99. The maximum Gasteiger partial charge on any atom is 0.249 e. The van der Waals surface area contributed by atoms with Crippen molar-refractivity contribution in [3.05, 3.63) is 0 Å². The number of hydrogen-bond acceptors (Lipinski definition) is 5. The minimum atomic E-state index is -1.25. The molecule has 0 saturated carbocycles. The minimum absolute atomic E-state index is 0.375. The van der Waals surface area contributed by atoms with Crippen molar-refractivity contribution in [1.29, 1.82) is 0 Å². The van der Waals surface area contributed by atoms with E-state index in [0.29, 0.717) is 12.8 Å². The van der Waals surface area contributed by atoms with Gasteiger partial charge in [0, 0.05) is 0 Å². The molecule has 5 N–H and O–H groups in total. The van der Waals surface area contributed by atoms with Gasteiger partial charge < -0.3 is 25.7 Å². The quantitative estimate of drug-likeness (QED) is 0.0411. The summed E-state index contributed by atoms with van der Waals surface area (Å²) in [4.78, 5) is 12.5. The van der Waals surface area contributed by atoms with Crippen LogP contribution in [0.4, 0.5) is 0 Å². The molecule has 0 aliphatic rings. The molecule has 0 spiro atoms. The van der Waals surface area contributed by atoms with E-state index in [-0.39, 0.29) is 0 Å². The maximum absolute atomic E-state index is 12.5. The van der Waals surface area contributed by atoms with Gasteiger partial charge in [-0.1, -0.05) is 220 Å². The third kappa shape index (κ3) is 32.9. The van der Waals surface area contributed by atoms with Crippen molar-refractivity contribution in [2.75, 3.05) is 6.61 Å². The molecule has 4 atom stereocenters. The number of rotatable bonds is 39. The molecule has 0 aromatic rings. The average Bonchev–Trinajstić information content (AvgIpc) is 3.09. The van der Waals surface area contributed by atoms with Crippen molar-refractivity contribution in [2.24, 2.45) is 5.92 Å². The van der Waals surface area contributed by atoms with E-state index < -0.39 is 36.9 Å². The number of amides is 1. The largest absolute Gasteiger partial charge is 0.394 e. The zero-order valence-electron chi connectivity index (χ0n) is 33.1. The van der Waals surface area contributed by atoms with Crippen LogP contribution >= 0.6 is 0 Å². The van der Waals surface area contributed by atoms with E-state index in [1.54, 1.807) is 0 Å². The van der Waals surface area contributed by atoms with Crippen LogP contribution in [0.3, 0.4) is 0 Å². The Kier molecular flexibility index (Phi) is 36.6. The number of hydrogen-bond donors (Lipinski definition) is 5. The van der Waals surface area contributed by atoms with Crippen LogP contribution in [0.15, 0.2) is 0 Å². The molecule has 6 nitrogen and oxygen atoms in total. The second kappa shape index (κ2) is 37.1. The summed E-state index contributed by atoms with van der Waals surface area (Å²) < 4.78 is 0. The lowest BCUT2D eigenvalue weighted by Gasteiger charge is -2.27. The first-order valence-corrected chi connectivity index (χ1v) is 21.8. The van der Waals surface area contributed by atoms with Crippen LogP contribution in [-0.4, -0.2) is 57.3 Å². The summed E-state index contributed by atoms with van der Waals surface area (Å²) in [6.07, 6.45) is 37.0. The number of carbonyl (C=O) groups is 1. The van der Waals surface area contributed by atoms with Crippen LogP contribution in [0, 0.1) is 5.92 Å². The Balaban J connectivity index is 3.71. The van der Waals surface area contributed by atoms with Gasteiger partial charge in [-0.15, -0.1) is 0 Å². The van der Waals surface area contributed by atoms with Crippen LogP contribution in [0.2, 0.25) is 0 Å². The molecule has 49 heavy (non-hydrogen) atoms. The normalized spacial score (nSPS) is 14.3. The molecule has 0 rings (SSSR count). The molecule has 294 valence electrons. The summed E-state index contributed by atoms with van der Waals surface area (Å²) in [5.41, 5.74) is 0. The van der Waals surface area contributed by atoms with E-state index in [4.69, 9.17) is 0 Å². The number of unbranched alkanes of at least 4 members (excludes halogenated alkanes) is 28. The highest BCUT2D eigenvalue weighted by molar-refractivity contribution is 5.80. The molecule has 0 fully saturated rings. The molecule has 6 heteroatoms. The highest BCUT2D eigenvalue weighted by atomic mass is 16.3. The van der Waals surface area contributed by atoms with Gasteiger partial charge in [0.15, 0.2) is 0 Å². The molecule has 0 bridgehead atoms. The summed E-state index contributed by atoms with van der Waals surface area (Å²) in [7, 11) is 0. The third-order valence-corrected chi connectivity index (χ3v) is 10.5. The van der Waals surface area contributed by atoms with Crippen LogP contribution in [-0.2, 0) is 4.79 Å². The van der Waals surface area contributed by atoms with Gasteiger partial charge in [0.1, 0.15) is 12.2 Å². The Bertz CT molecular complexity index is 675. The Morgan fingerprint density at radius 2 is 0.776 bits per heavy atom. The van der Waals surface area contributed by atoms with Crippen molar-refractivity contribution < 1.29 is 25.2 Å². The molecular formula is C43H87NO5. The molecular weight excluding hydrogens is 610 g/mol. The van der Waals surface area contributed by atoms with Crippen molar-refractivity contribution in [1.82, 2.24) is 5.32 Å². The van der Waals surface area contributed by atoms with Gasteiger partial charge >= 0.3 is 0 Å². The Labute approximate surface area is 305 Å². The Morgan fingerprint density at radius 3 is 1.10 bits per heavy atom. The van der Waals surface area contributed by atoms with Gasteiger partial charge in [0.2, 0.25) is 5.91 Å². The number of carbonyl (C=O) groups excluding carboxylic acids is 1. The average molecular weight is 698 g/mol. The zero-order valence-corrected chi connectivity index (χ0v) is 33.1. The van der Waals surface area contributed by atoms with Crippen molar-refractivity contribution in [3.63, 3.8) is 0 Å². The number of aliphatic hydroxyl groups excluding tert-OH is 4. The maximum atomic E-state index is 12.5. The standard InChI is InChI=1S/C43H87NO5/c1-4-5-6-7-8-9-10-11-12-13-14-15-16-21-24-27-30-33-36-41(47)43(49)44-39(37-45)42(48)40(46)35-32-29-26-23-20-18-17-19-22-25-28-31-34-38(2)3/h38-42,45-48H,4-37H2,1-3H3,(H,44,49). The van der Waals surface area contributed by atoms with Gasteiger partial charge in [0.25, 0.3) is 0 Å². The highest BCUT2D eigenvalue weighted by Gasteiger charge is 2.28. The van der Waals surface area contributed by atoms with Crippen molar-refractivity contribution in [3.8, 4) is 0 Å². The smallest absolute Gasteiger partial charge is 0.249 e. The predicted octanol–water partition coefficient (Wildman–Crippen LogP) is 11.1. The second-order valence-electron chi connectivity index (χ2n) is 15.9. The summed E-state index contributed by atoms with van der Waals surface area (Å²) in [6, 6.07) is -0.979. The molecule has 0 heterocycles. The fraction of sp³-hybridized carbons (Fsp3) is 0.977. The highest BCUT2D eigenvalue weighted by Crippen LogP contribution is 2.17. The summed E-state index contributed by atoms with van der Waals surface area (Å²) in [5.74, 6) is 0.250. The molecule has 4 unspecified atom stereocenters. The monoisotopic (exact) mass is 698 g/mol. The van der Waals surface area contributed by atoms with Crippen LogP contribution in [0.25, 0.3) is 0 Å². The fourth-order valence-corrected chi connectivity index (χ4v) is 7.00. The molecule has 0 aromatic heterocycles. The summed E-state index contributed by atoms with van der Waals surface area (Å²) in [5, 5.41) is 43.7. The SMILES string of the molecule is CCCCCCCCCCCCCCCCCCCCC(O)C(=O)NC(CO)C(O)C(O)CCCCCCCCCCCCCCC(C)C.